The third-order valence-corrected chi connectivity index (χ3v) is 4.03. The quantitative estimate of drug-likeness (QED) is 0.414. The highest BCUT2D eigenvalue weighted by Crippen LogP contribution is 2.25. The number of amides is 2. The number of carbonyl (C=O) groups excluding carboxylic acids is 2. The van der Waals surface area contributed by atoms with Crippen molar-refractivity contribution in [1.29, 1.82) is 0 Å². The van der Waals surface area contributed by atoms with Gasteiger partial charge in [0, 0.05) is 6.42 Å². The van der Waals surface area contributed by atoms with Crippen molar-refractivity contribution in [3.8, 4) is 5.75 Å². The molecule has 0 heterocycles. The number of benzene rings is 2. The average molecular weight is 375 g/mol. The normalized spacial score (nSPS) is 11.5. The molecule has 0 aliphatic carbocycles. The van der Waals surface area contributed by atoms with E-state index in [9.17, 15) is 19.7 Å². The van der Waals surface area contributed by atoms with Gasteiger partial charge < -0.3 is 9.57 Å². The van der Waals surface area contributed by atoms with E-state index in [1.54, 1.807) is 14.0 Å². The fourth-order valence-corrected chi connectivity index (χ4v) is 2.46. The molecule has 0 aromatic heterocycles. The molecule has 144 valence electrons. The molecule has 2 aromatic carbocycles. The van der Waals surface area contributed by atoms with Crippen molar-refractivity contribution >= 4 is 22.6 Å². The van der Waals surface area contributed by atoms with E-state index in [0.717, 1.165) is 22.1 Å². The van der Waals surface area contributed by atoms with Crippen LogP contribution in [0.2, 0.25) is 0 Å². The van der Waals surface area contributed by atoms with Gasteiger partial charge in [-0.15, -0.1) is 10.1 Å². The summed E-state index contributed by atoms with van der Waals surface area (Å²) in [4.78, 5) is 38.0. The van der Waals surface area contributed by atoms with Crippen LogP contribution in [0.3, 0.4) is 0 Å². The van der Waals surface area contributed by atoms with Gasteiger partial charge in [0.1, 0.15) is 5.75 Å². The Bertz CT molecular complexity index is 839. The summed E-state index contributed by atoms with van der Waals surface area (Å²) < 4.78 is 5.19. The molecule has 27 heavy (non-hydrogen) atoms. The second-order valence-electron chi connectivity index (χ2n) is 5.89. The molecule has 0 unspecified atom stereocenters. The van der Waals surface area contributed by atoms with Gasteiger partial charge in [-0.25, -0.2) is 0 Å². The van der Waals surface area contributed by atoms with Crippen LogP contribution >= 0.6 is 0 Å². The van der Waals surface area contributed by atoms with Crippen molar-refractivity contribution in [3.63, 3.8) is 0 Å². The van der Waals surface area contributed by atoms with Crippen LogP contribution in [0.15, 0.2) is 36.4 Å². The summed E-state index contributed by atoms with van der Waals surface area (Å²) in [5.41, 5.74) is 5.46. The van der Waals surface area contributed by atoms with E-state index in [0.29, 0.717) is 0 Å². The minimum atomic E-state index is -0.916. The summed E-state index contributed by atoms with van der Waals surface area (Å²) in [6, 6.07) is 11.3. The third-order valence-electron chi connectivity index (χ3n) is 4.03. The Morgan fingerprint density at radius 1 is 1.15 bits per heavy atom. The summed E-state index contributed by atoms with van der Waals surface area (Å²) in [7, 11) is 1.60. The van der Waals surface area contributed by atoms with Gasteiger partial charge in [-0.3, -0.25) is 20.4 Å². The number of rotatable bonds is 8. The largest absolute Gasteiger partial charge is 0.497 e. The van der Waals surface area contributed by atoms with Crippen molar-refractivity contribution in [2.24, 2.45) is 0 Å². The van der Waals surface area contributed by atoms with Crippen molar-refractivity contribution in [1.82, 2.24) is 10.9 Å². The van der Waals surface area contributed by atoms with Crippen LogP contribution in [-0.2, 0) is 14.4 Å². The second kappa shape index (κ2) is 9.37. The Kier molecular flexibility index (Phi) is 6.93. The van der Waals surface area contributed by atoms with Crippen LogP contribution in [0.1, 0.15) is 31.2 Å². The molecular weight excluding hydrogens is 354 g/mol. The van der Waals surface area contributed by atoms with E-state index in [4.69, 9.17) is 4.74 Å². The van der Waals surface area contributed by atoms with Crippen LogP contribution in [0.5, 0.6) is 5.75 Å². The van der Waals surface area contributed by atoms with E-state index in [1.807, 2.05) is 36.4 Å². The van der Waals surface area contributed by atoms with E-state index < -0.39 is 16.9 Å². The monoisotopic (exact) mass is 375 g/mol. The second-order valence-corrected chi connectivity index (χ2v) is 5.89. The predicted molar refractivity (Wildman–Crippen MR) is 97.4 cm³/mol. The highest BCUT2D eigenvalue weighted by Gasteiger charge is 2.16. The zero-order valence-electron chi connectivity index (χ0n) is 15.1. The fourth-order valence-electron chi connectivity index (χ4n) is 2.46. The molecule has 9 heteroatoms. The number of ether oxygens (including phenoxy) is 1. The molecule has 0 aliphatic rings. The van der Waals surface area contributed by atoms with Gasteiger partial charge in [0.05, 0.1) is 19.6 Å². The molecule has 0 saturated carbocycles. The molecule has 2 amide bonds. The maximum atomic E-state index is 12.2. The Balaban J connectivity index is 1.88. The van der Waals surface area contributed by atoms with Crippen molar-refractivity contribution in [3.05, 3.63) is 52.1 Å². The van der Waals surface area contributed by atoms with E-state index in [1.165, 1.54) is 0 Å². The molecule has 2 N–H and O–H groups in total. The van der Waals surface area contributed by atoms with Gasteiger partial charge in [-0.2, -0.15) is 0 Å². The van der Waals surface area contributed by atoms with Crippen LogP contribution in [-0.4, -0.2) is 30.6 Å². The van der Waals surface area contributed by atoms with Gasteiger partial charge in [0.25, 0.3) is 5.09 Å². The Labute approximate surface area is 155 Å². The first-order valence-electron chi connectivity index (χ1n) is 8.34. The van der Waals surface area contributed by atoms with Gasteiger partial charge >= 0.3 is 0 Å². The lowest BCUT2D eigenvalue weighted by molar-refractivity contribution is -0.757. The maximum absolute atomic E-state index is 12.2. The van der Waals surface area contributed by atoms with E-state index in [2.05, 4.69) is 15.7 Å². The Morgan fingerprint density at radius 3 is 2.56 bits per heavy atom. The summed E-state index contributed by atoms with van der Waals surface area (Å²) in [5, 5.41) is 11.1. The summed E-state index contributed by atoms with van der Waals surface area (Å²) >= 11 is 0. The zero-order valence-corrected chi connectivity index (χ0v) is 15.1. The first-order chi connectivity index (χ1) is 12.9. The van der Waals surface area contributed by atoms with Crippen molar-refractivity contribution < 1.29 is 24.3 Å². The molecule has 1 atom stereocenters. The number of carbonyl (C=O) groups is 2. The minimum absolute atomic E-state index is 0.000306. The first kappa shape index (κ1) is 20.0. The number of hydrogen-bond donors (Lipinski definition) is 2. The lowest BCUT2D eigenvalue weighted by Crippen LogP contribution is -2.43. The lowest BCUT2D eigenvalue weighted by Gasteiger charge is -2.14. The Morgan fingerprint density at radius 2 is 1.85 bits per heavy atom. The van der Waals surface area contributed by atoms with Crippen LogP contribution in [0, 0.1) is 10.1 Å². The molecule has 0 radical (unpaired) electrons. The molecule has 0 spiro atoms. The summed E-state index contributed by atoms with van der Waals surface area (Å²) in [5.74, 6) is -0.534. The molecular formula is C18H21N3O6. The Hall–Kier alpha value is -3.36. The molecule has 0 bridgehead atoms. The fraction of sp³-hybridized carbons (Fsp3) is 0.333. The summed E-state index contributed by atoms with van der Waals surface area (Å²) in [6.07, 6.45) is 0.173. The lowest BCUT2D eigenvalue weighted by atomic mass is 9.97. The smallest absolute Gasteiger partial charge is 0.294 e. The van der Waals surface area contributed by atoms with Crippen LogP contribution < -0.4 is 15.6 Å². The minimum Gasteiger partial charge on any atom is -0.497 e. The van der Waals surface area contributed by atoms with Gasteiger partial charge in [0.2, 0.25) is 11.8 Å². The highest BCUT2D eigenvalue weighted by atomic mass is 16.9. The van der Waals surface area contributed by atoms with Crippen LogP contribution in [0.25, 0.3) is 10.8 Å². The topological polar surface area (TPSA) is 120 Å². The van der Waals surface area contributed by atoms with Gasteiger partial charge in [-0.05, 0) is 41.8 Å². The molecule has 0 saturated heterocycles. The van der Waals surface area contributed by atoms with Gasteiger partial charge in [0.15, 0.2) is 0 Å². The number of nitrogens with zero attached hydrogens (tertiary/aromatic N) is 1. The zero-order chi connectivity index (χ0) is 19.8. The molecule has 0 aliphatic heterocycles. The predicted octanol–water partition coefficient (Wildman–Crippen LogP) is 2.09. The molecule has 9 nitrogen and oxygen atoms in total. The van der Waals surface area contributed by atoms with Crippen LogP contribution in [0.4, 0.5) is 0 Å². The average Bonchev–Trinajstić information content (AvgIpc) is 2.67. The number of methoxy groups -OCH3 is 1. The number of hydrogen-bond acceptors (Lipinski definition) is 6. The summed E-state index contributed by atoms with van der Waals surface area (Å²) in [6.45, 7) is 1.56. The molecule has 2 rings (SSSR count). The number of nitrogens with one attached hydrogen (secondary N) is 2. The maximum Gasteiger partial charge on any atom is 0.294 e. The first-order valence-corrected chi connectivity index (χ1v) is 8.34. The van der Waals surface area contributed by atoms with E-state index >= 15 is 0 Å². The highest BCUT2D eigenvalue weighted by molar-refractivity contribution is 5.89. The number of hydrazine groups is 1. The molecule has 0 fully saturated rings. The third kappa shape index (κ3) is 5.84. The standard InChI is InChI=1S/C18H21N3O6/c1-12(18(23)20-19-17(22)4-3-9-27-21(24)25)13-5-6-15-11-16(26-2)8-7-14(15)10-13/h5-8,10-12H,3-4,9H2,1-2H3,(H,19,22)(H,20,23)/t12-/m0/s1. The van der Waals surface area contributed by atoms with Crippen molar-refractivity contribution in [2.45, 2.75) is 25.7 Å². The van der Waals surface area contributed by atoms with Crippen molar-refractivity contribution in [2.75, 3.05) is 13.7 Å². The SMILES string of the molecule is COc1ccc2cc([C@H](C)C(=O)NNC(=O)CCCO[N+](=O)[O-])ccc2c1. The van der Waals surface area contributed by atoms with E-state index in [-0.39, 0.29) is 25.4 Å². The molecule has 2 aromatic rings. The van der Waals surface area contributed by atoms with Gasteiger partial charge in [-0.1, -0.05) is 24.3 Å². The number of fused-ring (bicyclic) bond motifs is 1.